The standard InChI is InChI=1S/C20H14ClF3N2O2S/c1-11(27)25-14-6-7-16(15(10-14)20(22,23)24)26-19(28)18-9-8-17(29-18)12-2-4-13(21)5-3-12/h2-10H,1H3,(H,25,27)(H,26,28). The lowest BCUT2D eigenvalue weighted by atomic mass is 10.1. The Labute approximate surface area is 173 Å². The van der Waals surface area contributed by atoms with E-state index >= 15 is 0 Å². The number of carbonyl (C=O) groups excluding carboxylic acids is 2. The van der Waals surface area contributed by atoms with E-state index in [9.17, 15) is 22.8 Å². The molecule has 0 aliphatic carbocycles. The van der Waals surface area contributed by atoms with E-state index in [-0.39, 0.29) is 10.6 Å². The summed E-state index contributed by atoms with van der Waals surface area (Å²) < 4.78 is 40.2. The number of carbonyl (C=O) groups is 2. The molecule has 0 unspecified atom stereocenters. The first-order chi connectivity index (χ1) is 13.6. The molecule has 1 aromatic heterocycles. The number of hydrogen-bond acceptors (Lipinski definition) is 3. The van der Waals surface area contributed by atoms with Crippen molar-refractivity contribution >= 4 is 46.1 Å². The molecule has 4 nitrogen and oxygen atoms in total. The molecule has 0 atom stereocenters. The predicted molar refractivity (Wildman–Crippen MR) is 108 cm³/mol. The van der Waals surface area contributed by atoms with Gasteiger partial charge in [0.2, 0.25) is 5.91 Å². The van der Waals surface area contributed by atoms with Gasteiger partial charge in [-0.2, -0.15) is 13.2 Å². The van der Waals surface area contributed by atoms with Gasteiger partial charge in [-0.05, 0) is 48.0 Å². The first kappa shape index (κ1) is 20.9. The molecule has 0 saturated heterocycles. The van der Waals surface area contributed by atoms with Gasteiger partial charge in [-0.25, -0.2) is 0 Å². The highest BCUT2D eigenvalue weighted by Crippen LogP contribution is 2.37. The summed E-state index contributed by atoms with van der Waals surface area (Å²) in [5.74, 6) is -1.16. The molecule has 2 amide bonds. The number of amides is 2. The van der Waals surface area contributed by atoms with Crippen LogP contribution in [0, 0.1) is 0 Å². The monoisotopic (exact) mass is 438 g/mol. The van der Waals surface area contributed by atoms with Gasteiger partial charge >= 0.3 is 6.18 Å². The summed E-state index contributed by atoms with van der Waals surface area (Å²) in [6.07, 6.45) is -4.71. The van der Waals surface area contributed by atoms with Crippen molar-refractivity contribution in [2.45, 2.75) is 13.1 Å². The van der Waals surface area contributed by atoms with Gasteiger partial charge in [0.05, 0.1) is 16.1 Å². The minimum Gasteiger partial charge on any atom is -0.326 e. The van der Waals surface area contributed by atoms with Crippen molar-refractivity contribution in [3.63, 3.8) is 0 Å². The van der Waals surface area contributed by atoms with Crippen LogP contribution in [0.1, 0.15) is 22.2 Å². The molecule has 0 fully saturated rings. The quantitative estimate of drug-likeness (QED) is 0.502. The SMILES string of the molecule is CC(=O)Nc1ccc(NC(=O)c2ccc(-c3ccc(Cl)cc3)s2)c(C(F)(F)F)c1. The van der Waals surface area contributed by atoms with Gasteiger partial charge in [-0.3, -0.25) is 9.59 Å². The fourth-order valence-corrected chi connectivity index (χ4v) is 3.61. The van der Waals surface area contributed by atoms with Crippen molar-refractivity contribution in [2.75, 3.05) is 10.6 Å². The molecule has 0 aliphatic rings. The Kier molecular flexibility index (Phi) is 5.95. The predicted octanol–water partition coefficient (Wildman–Crippen LogP) is 6.30. The molecule has 29 heavy (non-hydrogen) atoms. The van der Waals surface area contributed by atoms with Crippen LogP contribution in [0.5, 0.6) is 0 Å². The summed E-state index contributed by atoms with van der Waals surface area (Å²) in [6.45, 7) is 1.19. The largest absolute Gasteiger partial charge is 0.418 e. The molecule has 0 bridgehead atoms. The number of benzene rings is 2. The number of thiophene rings is 1. The van der Waals surface area contributed by atoms with Crippen LogP contribution in [-0.4, -0.2) is 11.8 Å². The van der Waals surface area contributed by atoms with Crippen molar-refractivity contribution in [1.29, 1.82) is 0 Å². The molecule has 9 heteroatoms. The van der Waals surface area contributed by atoms with Gasteiger partial charge in [0, 0.05) is 22.5 Å². The zero-order valence-corrected chi connectivity index (χ0v) is 16.5. The summed E-state index contributed by atoms with van der Waals surface area (Å²) in [7, 11) is 0. The zero-order valence-electron chi connectivity index (χ0n) is 14.9. The molecule has 1 heterocycles. The van der Waals surface area contributed by atoms with Crippen LogP contribution in [0.15, 0.2) is 54.6 Å². The Morgan fingerprint density at radius 1 is 0.966 bits per heavy atom. The lowest BCUT2D eigenvalue weighted by Crippen LogP contribution is -2.16. The highest BCUT2D eigenvalue weighted by atomic mass is 35.5. The number of nitrogens with one attached hydrogen (secondary N) is 2. The Bertz CT molecular complexity index is 1060. The van der Waals surface area contributed by atoms with Gasteiger partial charge in [-0.15, -0.1) is 11.3 Å². The lowest BCUT2D eigenvalue weighted by Gasteiger charge is -2.15. The van der Waals surface area contributed by atoms with Crippen molar-refractivity contribution in [3.05, 3.63) is 70.1 Å². The fraction of sp³-hybridized carbons (Fsp3) is 0.100. The van der Waals surface area contributed by atoms with Gasteiger partial charge < -0.3 is 10.6 Å². The first-order valence-electron chi connectivity index (χ1n) is 8.29. The second-order valence-corrected chi connectivity index (χ2v) is 7.58. The Morgan fingerprint density at radius 2 is 1.66 bits per heavy atom. The van der Waals surface area contributed by atoms with E-state index in [2.05, 4.69) is 10.6 Å². The molecule has 0 saturated carbocycles. The smallest absolute Gasteiger partial charge is 0.326 e. The number of rotatable bonds is 4. The third-order valence-electron chi connectivity index (χ3n) is 3.85. The van der Waals surface area contributed by atoms with Crippen LogP contribution >= 0.6 is 22.9 Å². The first-order valence-corrected chi connectivity index (χ1v) is 9.49. The summed E-state index contributed by atoms with van der Waals surface area (Å²) in [5, 5.41) is 5.18. The van der Waals surface area contributed by atoms with Crippen LogP contribution in [-0.2, 0) is 11.0 Å². The molecule has 3 aromatic rings. The van der Waals surface area contributed by atoms with E-state index in [4.69, 9.17) is 11.6 Å². The Morgan fingerprint density at radius 3 is 2.28 bits per heavy atom. The van der Waals surface area contributed by atoms with Crippen molar-refractivity contribution in [2.24, 2.45) is 0 Å². The Hall–Kier alpha value is -2.84. The number of anilines is 2. The maximum Gasteiger partial charge on any atom is 0.418 e. The minimum absolute atomic E-state index is 0.0102. The average molecular weight is 439 g/mol. The molecular formula is C20H14ClF3N2O2S. The van der Waals surface area contributed by atoms with Crippen molar-refractivity contribution in [1.82, 2.24) is 0 Å². The number of halogens is 4. The van der Waals surface area contributed by atoms with E-state index < -0.39 is 29.2 Å². The van der Waals surface area contributed by atoms with Crippen LogP contribution in [0.3, 0.4) is 0 Å². The van der Waals surface area contributed by atoms with Crippen LogP contribution in [0.25, 0.3) is 10.4 Å². The maximum atomic E-state index is 13.4. The summed E-state index contributed by atoms with van der Waals surface area (Å²) in [4.78, 5) is 24.6. The van der Waals surface area contributed by atoms with Gasteiger partial charge in [-0.1, -0.05) is 23.7 Å². The van der Waals surface area contributed by atoms with Crippen LogP contribution in [0.4, 0.5) is 24.5 Å². The Balaban J connectivity index is 1.85. The average Bonchev–Trinajstić information content (AvgIpc) is 3.12. The number of alkyl halides is 3. The fourth-order valence-electron chi connectivity index (χ4n) is 2.58. The summed E-state index contributed by atoms with van der Waals surface area (Å²) in [6, 6.07) is 13.4. The summed E-state index contributed by atoms with van der Waals surface area (Å²) >= 11 is 7.01. The highest BCUT2D eigenvalue weighted by Gasteiger charge is 2.34. The molecule has 150 valence electrons. The number of hydrogen-bond donors (Lipinski definition) is 2. The van der Waals surface area contributed by atoms with Gasteiger partial charge in [0.1, 0.15) is 0 Å². The highest BCUT2D eigenvalue weighted by molar-refractivity contribution is 7.17. The normalized spacial score (nSPS) is 11.2. The van der Waals surface area contributed by atoms with E-state index in [1.165, 1.54) is 13.0 Å². The van der Waals surface area contributed by atoms with Gasteiger partial charge in [0.15, 0.2) is 0 Å². The van der Waals surface area contributed by atoms with E-state index in [1.54, 1.807) is 36.4 Å². The molecule has 0 radical (unpaired) electrons. The second kappa shape index (κ2) is 8.26. The molecule has 2 aromatic carbocycles. The third kappa shape index (κ3) is 5.16. The van der Waals surface area contributed by atoms with Crippen molar-refractivity contribution < 1.29 is 22.8 Å². The zero-order chi connectivity index (χ0) is 21.2. The van der Waals surface area contributed by atoms with E-state index in [0.29, 0.717) is 5.02 Å². The van der Waals surface area contributed by atoms with E-state index in [1.807, 2.05) is 0 Å². The topological polar surface area (TPSA) is 58.2 Å². The van der Waals surface area contributed by atoms with Crippen LogP contribution in [0.2, 0.25) is 5.02 Å². The molecule has 0 aliphatic heterocycles. The third-order valence-corrected chi connectivity index (χ3v) is 5.24. The van der Waals surface area contributed by atoms with Crippen molar-refractivity contribution in [3.8, 4) is 10.4 Å². The summed E-state index contributed by atoms with van der Waals surface area (Å²) in [5.41, 5.74) is -0.609. The van der Waals surface area contributed by atoms with Crippen LogP contribution < -0.4 is 10.6 Å². The van der Waals surface area contributed by atoms with E-state index in [0.717, 1.165) is 33.9 Å². The lowest BCUT2D eigenvalue weighted by molar-refractivity contribution is -0.137. The molecular weight excluding hydrogens is 425 g/mol. The minimum atomic E-state index is -4.71. The second-order valence-electron chi connectivity index (χ2n) is 6.06. The molecule has 2 N–H and O–H groups in total. The molecule has 0 spiro atoms. The molecule has 3 rings (SSSR count). The maximum absolute atomic E-state index is 13.4. The van der Waals surface area contributed by atoms with Gasteiger partial charge in [0.25, 0.3) is 5.91 Å².